The van der Waals surface area contributed by atoms with Gasteiger partial charge in [-0.3, -0.25) is 4.79 Å². The van der Waals surface area contributed by atoms with Crippen LogP contribution in [0.15, 0.2) is 0 Å². The Bertz CT molecular complexity index is 371. The molecule has 0 heterocycles. The van der Waals surface area contributed by atoms with E-state index in [2.05, 4.69) is 26.5 Å². The molecule has 1 atom stereocenters. The highest BCUT2D eigenvalue weighted by molar-refractivity contribution is 7.82. The maximum Gasteiger partial charge on any atom is 0.349 e. The van der Waals surface area contributed by atoms with E-state index in [9.17, 15) is 14.7 Å². The summed E-state index contributed by atoms with van der Waals surface area (Å²) in [5.41, 5.74) is 0. The molecule has 0 saturated heterocycles. The Labute approximate surface area is 164 Å². The molecule has 0 saturated carbocycles. The molecule has 0 aliphatic carbocycles. The van der Waals surface area contributed by atoms with Gasteiger partial charge in [0.1, 0.15) is 0 Å². The second-order valence-electron chi connectivity index (χ2n) is 6.89. The molecular weight excluding hydrogens is 352 g/mol. The Morgan fingerprint density at radius 2 is 1.19 bits per heavy atom. The topological polar surface area (TPSA) is 72.8 Å². The molecule has 0 amide bonds. The SMILES string of the molecule is CCCCCCCCOC(=O)CC(O)(S)C(=O)OCCCCCCCC. The maximum atomic E-state index is 11.9. The zero-order valence-electron chi connectivity index (χ0n) is 16.6. The second-order valence-corrected chi connectivity index (χ2v) is 7.63. The van der Waals surface area contributed by atoms with E-state index in [-0.39, 0.29) is 6.61 Å². The Balaban J connectivity index is 3.78. The number of ether oxygens (including phenoxy) is 2. The van der Waals surface area contributed by atoms with Gasteiger partial charge in [0.2, 0.25) is 4.93 Å². The van der Waals surface area contributed by atoms with Crippen LogP contribution >= 0.6 is 12.6 Å². The summed E-state index contributed by atoms with van der Waals surface area (Å²) < 4.78 is 10.1. The van der Waals surface area contributed by atoms with Gasteiger partial charge in [0.25, 0.3) is 0 Å². The molecule has 0 aromatic carbocycles. The Hall–Kier alpha value is -0.750. The summed E-state index contributed by atoms with van der Waals surface area (Å²) in [6.07, 6.45) is 12.5. The quantitative estimate of drug-likeness (QED) is 0.161. The monoisotopic (exact) mass is 390 g/mol. The summed E-state index contributed by atoms with van der Waals surface area (Å²) >= 11 is 3.87. The van der Waals surface area contributed by atoms with Crippen molar-refractivity contribution in [3.05, 3.63) is 0 Å². The van der Waals surface area contributed by atoms with Crippen LogP contribution in [0.25, 0.3) is 0 Å². The van der Waals surface area contributed by atoms with Crippen molar-refractivity contribution in [3.63, 3.8) is 0 Å². The van der Waals surface area contributed by atoms with E-state index < -0.39 is 23.3 Å². The first-order valence-electron chi connectivity index (χ1n) is 10.2. The number of esters is 2. The van der Waals surface area contributed by atoms with Crippen LogP contribution in [0.3, 0.4) is 0 Å². The third-order valence-corrected chi connectivity index (χ3v) is 4.55. The average molecular weight is 391 g/mol. The van der Waals surface area contributed by atoms with Crippen LogP contribution in [-0.2, 0) is 19.1 Å². The molecule has 1 unspecified atom stereocenters. The molecule has 1 N–H and O–H groups in total. The predicted octanol–water partition coefficient (Wildman–Crippen LogP) is 4.80. The highest BCUT2D eigenvalue weighted by Crippen LogP contribution is 2.19. The van der Waals surface area contributed by atoms with Crippen LogP contribution in [0.2, 0.25) is 0 Å². The van der Waals surface area contributed by atoms with E-state index in [1.54, 1.807) is 0 Å². The predicted molar refractivity (Wildman–Crippen MR) is 107 cm³/mol. The zero-order chi connectivity index (χ0) is 19.7. The minimum Gasteiger partial charge on any atom is -0.466 e. The van der Waals surface area contributed by atoms with Crippen molar-refractivity contribution in [2.24, 2.45) is 0 Å². The minimum absolute atomic E-state index is 0.237. The van der Waals surface area contributed by atoms with Gasteiger partial charge < -0.3 is 14.6 Å². The fraction of sp³-hybridized carbons (Fsp3) is 0.900. The standard InChI is InChI=1S/C20H38O5S/c1-3-5-7-9-11-13-15-24-18(21)17-20(23,26)19(22)25-16-14-12-10-8-6-4-2/h23,26H,3-17H2,1-2H3. The van der Waals surface area contributed by atoms with E-state index >= 15 is 0 Å². The van der Waals surface area contributed by atoms with Crippen molar-refractivity contribution in [1.29, 1.82) is 0 Å². The van der Waals surface area contributed by atoms with Crippen molar-refractivity contribution >= 4 is 24.6 Å². The number of hydrogen-bond donors (Lipinski definition) is 2. The van der Waals surface area contributed by atoms with Crippen LogP contribution in [0.1, 0.15) is 97.3 Å². The second kappa shape index (κ2) is 16.4. The van der Waals surface area contributed by atoms with Gasteiger partial charge in [0.05, 0.1) is 19.6 Å². The molecule has 5 nitrogen and oxygen atoms in total. The highest BCUT2D eigenvalue weighted by Gasteiger charge is 2.36. The molecule has 6 heteroatoms. The molecule has 0 aromatic rings. The van der Waals surface area contributed by atoms with Gasteiger partial charge in [0.15, 0.2) is 0 Å². The molecule has 26 heavy (non-hydrogen) atoms. The summed E-state index contributed by atoms with van der Waals surface area (Å²) in [4.78, 5) is 21.5. The molecule has 0 radical (unpaired) electrons. The van der Waals surface area contributed by atoms with Crippen molar-refractivity contribution in [3.8, 4) is 0 Å². The van der Waals surface area contributed by atoms with Crippen LogP contribution in [0.5, 0.6) is 0 Å². The van der Waals surface area contributed by atoms with Crippen molar-refractivity contribution in [2.45, 2.75) is 102 Å². The van der Waals surface area contributed by atoms with Gasteiger partial charge in [-0.15, -0.1) is 12.6 Å². The fourth-order valence-corrected chi connectivity index (χ4v) is 2.75. The summed E-state index contributed by atoms with van der Waals surface area (Å²) in [5.74, 6) is -1.52. The van der Waals surface area contributed by atoms with Gasteiger partial charge in [-0.05, 0) is 12.8 Å². The lowest BCUT2D eigenvalue weighted by molar-refractivity contribution is -0.163. The van der Waals surface area contributed by atoms with Crippen molar-refractivity contribution in [1.82, 2.24) is 0 Å². The Morgan fingerprint density at radius 3 is 1.69 bits per heavy atom. The average Bonchev–Trinajstić information content (AvgIpc) is 2.59. The first-order valence-corrected chi connectivity index (χ1v) is 10.7. The number of carbonyl (C=O) groups excluding carboxylic acids is 2. The maximum absolute atomic E-state index is 11.9. The van der Waals surface area contributed by atoms with Crippen LogP contribution < -0.4 is 0 Å². The summed E-state index contributed by atoms with van der Waals surface area (Å²) in [7, 11) is 0. The largest absolute Gasteiger partial charge is 0.466 e. The van der Waals surface area contributed by atoms with Gasteiger partial charge in [-0.1, -0.05) is 78.1 Å². The number of unbranched alkanes of at least 4 members (excludes halogenated alkanes) is 10. The fourth-order valence-electron chi connectivity index (χ4n) is 2.56. The highest BCUT2D eigenvalue weighted by atomic mass is 32.1. The molecule has 0 aliphatic heterocycles. The van der Waals surface area contributed by atoms with Gasteiger partial charge >= 0.3 is 11.9 Å². The molecule has 0 rings (SSSR count). The molecule has 0 aliphatic rings. The Morgan fingerprint density at radius 1 is 0.769 bits per heavy atom. The van der Waals surface area contributed by atoms with E-state index in [4.69, 9.17) is 9.47 Å². The summed E-state index contributed by atoms with van der Waals surface area (Å²) in [6, 6.07) is 0. The molecule has 0 aromatic heterocycles. The van der Waals surface area contributed by atoms with Gasteiger partial charge in [-0.25, -0.2) is 4.79 Å². The summed E-state index contributed by atoms with van der Waals surface area (Å²) in [5, 5.41) is 10.0. The normalized spacial score (nSPS) is 13.2. The molecule has 0 spiro atoms. The van der Waals surface area contributed by atoms with E-state index in [0.717, 1.165) is 38.5 Å². The van der Waals surface area contributed by atoms with Crippen LogP contribution in [0, 0.1) is 0 Å². The third kappa shape index (κ3) is 14.4. The van der Waals surface area contributed by atoms with Crippen LogP contribution in [-0.4, -0.2) is 35.2 Å². The molecular formula is C20H38O5S. The molecule has 0 bridgehead atoms. The van der Waals surface area contributed by atoms with Crippen LogP contribution in [0.4, 0.5) is 0 Å². The first kappa shape index (κ1) is 25.2. The van der Waals surface area contributed by atoms with Gasteiger partial charge in [-0.2, -0.15) is 0 Å². The van der Waals surface area contributed by atoms with E-state index in [0.29, 0.717) is 6.61 Å². The third-order valence-electron chi connectivity index (χ3n) is 4.21. The Kier molecular flexibility index (Phi) is 16.0. The van der Waals surface area contributed by atoms with Gasteiger partial charge in [0, 0.05) is 0 Å². The number of aliphatic hydroxyl groups is 1. The summed E-state index contributed by atoms with van der Waals surface area (Å²) in [6.45, 7) is 4.87. The smallest absolute Gasteiger partial charge is 0.349 e. The lowest BCUT2D eigenvalue weighted by Gasteiger charge is -2.19. The molecule has 154 valence electrons. The first-order chi connectivity index (χ1) is 12.4. The van der Waals surface area contributed by atoms with E-state index in [1.807, 2.05) is 0 Å². The lowest BCUT2D eigenvalue weighted by Crippen LogP contribution is -2.37. The number of hydrogen-bond acceptors (Lipinski definition) is 6. The lowest BCUT2D eigenvalue weighted by atomic mass is 10.1. The zero-order valence-corrected chi connectivity index (χ0v) is 17.5. The molecule has 0 fully saturated rings. The number of thiol groups is 1. The van der Waals surface area contributed by atoms with Crippen molar-refractivity contribution < 1.29 is 24.2 Å². The van der Waals surface area contributed by atoms with Crippen molar-refractivity contribution in [2.75, 3.05) is 13.2 Å². The number of carbonyl (C=O) groups is 2. The van der Waals surface area contributed by atoms with E-state index in [1.165, 1.54) is 38.5 Å². The number of rotatable bonds is 17. The minimum atomic E-state index is -2.12.